The molecule has 0 aromatic heterocycles. The van der Waals surface area contributed by atoms with Crippen molar-refractivity contribution in [3.63, 3.8) is 0 Å². The van der Waals surface area contributed by atoms with Crippen LogP contribution in [0, 0.1) is 18.6 Å². The van der Waals surface area contributed by atoms with Gasteiger partial charge in [0.05, 0.1) is 6.54 Å². The average molecular weight is 318 g/mol. The van der Waals surface area contributed by atoms with Gasteiger partial charge in [-0.15, -0.1) is 0 Å². The molecule has 0 atom stereocenters. The van der Waals surface area contributed by atoms with Crippen molar-refractivity contribution in [1.29, 1.82) is 0 Å². The highest BCUT2D eigenvalue weighted by Crippen LogP contribution is 2.08. The van der Waals surface area contributed by atoms with E-state index in [1.165, 1.54) is 0 Å². The number of halogens is 2. The quantitative estimate of drug-likeness (QED) is 0.889. The summed E-state index contributed by atoms with van der Waals surface area (Å²) < 4.78 is 25.8. The molecule has 0 spiro atoms. The fourth-order valence-electron chi connectivity index (χ4n) is 1.87. The largest absolute Gasteiger partial charge is 0.350 e. The number of aryl methyl sites for hydroxylation is 1. The zero-order chi connectivity index (χ0) is 16.8. The van der Waals surface area contributed by atoms with E-state index in [4.69, 9.17) is 0 Å². The summed E-state index contributed by atoms with van der Waals surface area (Å²) in [5.41, 5.74) is 2.02. The number of carbonyl (C=O) groups excluding carboxylic acids is 2. The second-order valence-corrected chi connectivity index (χ2v) is 5.07. The summed E-state index contributed by atoms with van der Waals surface area (Å²) in [6.45, 7) is 2.07. The fourth-order valence-corrected chi connectivity index (χ4v) is 1.87. The zero-order valence-corrected chi connectivity index (χ0v) is 12.5. The van der Waals surface area contributed by atoms with Gasteiger partial charge in [0.2, 0.25) is 5.91 Å². The second-order valence-electron chi connectivity index (χ2n) is 5.07. The van der Waals surface area contributed by atoms with Gasteiger partial charge in [0.15, 0.2) is 11.6 Å². The van der Waals surface area contributed by atoms with E-state index >= 15 is 0 Å². The first-order valence-corrected chi connectivity index (χ1v) is 7.01. The number of rotatable bonds is 5. The lowest BCUT2D eigenvalue weighted by molar-refractivity contribution is -0.120. The Morgan fingerprint density at radius 2 is 1.65 bits per heavy atom. The van der Waals surface area contributed by atoms with Crippen LogP contribution in [-0.4, -0.2) is 18.4 Å². The Hall–Kier alpha value is -2.76. The predicted octanol–water partition coefficient (Wildman–Crippen LogP) is 2.32. The number of amides is 2. The molecule has 0 radical (unpaired) electrons. The Morgan fingerprint density at radius 3 is 2.30 bits per heavy atom. The van der Waals surface area contributed by atoms with Gasteiger partial charge in [-0.1, -0.05) is 29.8 Å². The maximum atomic E-state index is 13.0. The van der Waals surface area contributed by atoms with Gasteiger partial charge in [0.25, 0.3) is 5.91 Å². The molecule has 0 bridgehead atoms. The van der Waals surface area contributed by atoms with Crippen molar-refractivity contribution in [2.45, 2.75) is 13.5 Å². The lowest BCUT2D eigenvalue weighted by Crippen LogP contribution is -2.36. The van der Waals surface area contributed by atoms with Gasteiger partial charge in [-0.05, 0) is 30.7 Å². The van der Waals surface area contributed by atoms with Gasteiger partial charge in [-0.3, -0.25) is 9.59 Å². The molecule has 2 aromatic rings. The van der Waals surface area contributed by atoms with Crippen molar-refractivity contribution in [1.82, 2.24) is 10.6 Å². The first kappa shape index (κ1) is 16.6. The van der Waals surface area contributed by atoms with Crippen molar-refractivity contribution >= 4 is 11.8 Å². The molecule has 2 N–H and O–H groups in total. The number of carbonyl (C=O) groups is 2. The molecule has 0 saturated carbocycles. The molecule has 2 amide bonds. The van der Waals surface area contributed by atoms with Crippen molar-refractivity contribution in [3.8, 4) is 0 Å². The van der Waals surface area contributed by atoms with Crippen LogP contribution in [0.4, 0.5) is 8.78 Å². The lowest BCUT2D eigenvalue weighted by atomic mass is 10.1. The van der Waals surface area contributed by atoms with E-state index in [9.17, 15) is 18.4 Å². The van der Waals surface area contributed by atoms with Gasteiger partial charge in [-0.25, -0.2) is 8.78 Å². The molecule has 0 saturated heterocycles. The topological polar surface area (TPSA) is 58.2 Å². The molecule has 2 aromatic carbocycles. The fraction of sp³-hybridized carbons (Fsp3) is 0.176. The summed E-state index contributed by atoms with van der Waals surface area (Å²) in [5, 5.41) is 5.01. The zero-order valence-electron chi connectivity index (χ0n) is 12.5. The SMILES string of the molecule is Cc1ccc(CNC(=O)CNC(=O)c2ccc(F)c(F)c2)cc1. The number of hydrogen-bond acceptors (Lipinski definition) is 2. The van der Waals surface area contributed by atoms with Gasteiger partial charge in [0.1, 0.15) is 0 Å². The molecule has 0 aliphatic rings. The molecule has 2 rings (SSSR count). The monoisotopic (exact) mass is 318 g/mol. The van der Waals surface area contributed by atoms with E-state index in [1.54, 1.807) is 0 Å². The standard InChI is InChI=1S/C17H16F2N2O2/c1-11-2-4-12(5-3-11)9-20-16(22)10-21-17(23)13-6-7-14(18)15(19)8-13/h2-8H,9-10H2,1H3,(H,20,22)(H,21,23). The van der Waals surface area contributed by atoms with Crippen LogP contribution in [0.15, 0.2) is 42.5 Å². The summed E-state index contributed by atoms with van der Waals surface area (Å²) in [5.74, 6) is -3.16. The predicted molar refractivity (Wildman–Crippen MR) is 81.7 cm³/mol. The van der Waals surface area contributed by atoms with Gasteiger partial charge in [0, 0.05) is 12.1 Å². The van der Waals surface area contributed by atoms with Crippen LogP contribution < -0.4 is 10.6 Å². The van der Waals surface area contributed by atoms with E-state index in [-0.39, 0.29) is 18.0 Å². The highest BCUT2D eigenvalue weighted by molar-refractivity contribution is 5.96. The summed E-state index contributed by atoms with van der Waals surface area (Å²) >= 11 is 0. The third-order valence-electron chi connectivity index (χ3n) is 3.20. The van der Waals surface area contributed by atoms with Gasteiger partial charge >= 0.3 is 0 Å². The van der Waals surface area contributed by atoms with Crippen molar-refractivity contribution in [2.75, 3.05) is 6.54 Å². The average Bonchev–Trinajstić information content (AvgIpc) is 2.54. The number of nitrogens with one attached hydrogen (secondary N) is 2. The Bertz CT molecular complexity index is 715. The molecule has 6 heteroatoms. The minimum atomic E-state index is -1.11. The highest BCUT2D eigenvalue weighted by Gasteiger charge is 2.11. The smallest absolute Gasteiger partial charge is 0.251 e. The first-order chi connectivity index (χ1) is 11.0. The maximum Gasteiger partial charge on any atom is 0.251 e. The van der Waals surface area contributed by atoms with Crippen LogP contribution in [0.25, 0.3) is 0 Å². The Morgan fingerprint density at radius 1 is 0.957 bits per heavy atom. The van der Waals surface area contributed by atoms with Crippen LogP contribution in [0.3, 0.4) is 0 Å². The summed E-state index contributed by atoms with van der Waals surface area (Å²) in [7, 11) is 0. The Kier molecular flexibility index (Phi) is 5.41. The minimum Gasteiger partial charge on any atom is -0.350 e. The van der Waals surface area contributed by atoms with Gasteiger partial charge in [-0.2, -0.15) is 0 Å². The van der Waals surface area contributed by atoms with Gasteiger partial charge < -0.3 is 10.6 Å². The minimum absolute atomic E-state index is 0.0461. The van der Waals surface area contributed by atoms with Crippen molar-refractivity contribution in [3.05, 3.63) is 70.8 Å². The number of hydrogen-bond donors (Lipinski definition) is 2. The summed E-state index contributed by atoms with van der Waals surface area (Å²) in [4.78, 5) is 23.4. The first-order valence-electron chi connectivity index (χ1n) is 7.01. The summed E-state index contributed by atoms with van der Waals surface area (Å²) in [6.07, 6.45) is 0. The molecule has 0 aliphatic carbocycles. The van der Waals surface area contributed by atoms with E-state index in [2.05, 4.69) is 10.6 Å². The molecular formula is C17H16F2N2O2. The van der Waals surface area contributed by atoms with Crippen LogP contribution in [-0.2, 0) is 11.3 Å². The van der Waals surface area contributed by atoms with E-state index in [0.29, 0.717) is 6.54 Å². The molecule has 4 nitrogen and oxygen atoms in total. The highest BCUT2D eigenvalue weighted by atomic mass is 19.2. The number of benzene rings is 2. The van der Waals surface area contributed by atoms with Crippen LogP contribution >= 0.6 is 0 Å². The van der Waals surface area contributed by atoms with E-state index in [1.807, 2.05) is 31.2 Å². The van der Waals surface area contributed by atoms with E-state index < -0.39 is 17.5 Å². The van der Waals surface area contributed by atoms with Crippen molar-refractivity contribution in [2.24, 2.45) is 0 Å². The van der Waals surface area contributed by atoms with Crippen LogP contribution in [0.5, 0.6) is 0 Å². The molecule has 120 valence electrons. The molecule has 0 aliphatic heterocycles. The van der Waals surface area contributed by atoms with Crippen molar-refractivity contribution < 1.29 is 18.4 Å². The van der Waals surface area contributed by atoms with Crippen LogP contribution in [0.2, 0.25) is 0 Å². The summed E-state index contributed by atoms with van der Waals surface area (Å²) in [6, 6.07) is 10.5. The second kappa shape index (κ2) is 7.49. The van der Waals surface area contributed by atoms with Crippen LogP contribution in [0.1, 0.15) is 21.5 Å². The molecule has 0 unspecified atom stereocenters. The van der Waals surface area contributed by atoms with E-state index in [0.717, 1.165) is 29.3 Å². The third-order valence-corrected chi connectivity index (χ3v) is 3.20. The molecule has 0 heterocycles. The third kappa shape index (κ3) is 4.88. The Labute approximate surface area is 132 Å². The molecular weight excluding hydrogens is 302 g/mol. The maximum absolute atomic E-state index is 13.0. The lowest BCUT2D eigenvalue weighted by Gasteiger charge is -2.07. The molecule has 0 fully saturated rings. The molecule has 23 heavy (non-hydrogen) atoms. The Balaban J connectivity index is 1.80. The normalized spacial score (nSPS) is 10.2.